The van der Waals surface area contributed by atoms with E-state index in [0.29, 0.717) is 24.0 Å². The Hall–Kier alpha value is -1.85. The highest BCUT2D eigenvalue weighted by molar-refractivity contribution is 7.99. The lowest BCUT2D eigenvalue weighted by atomic mass is 10.3. The van der Waals surface area contributed by atoms with Gasteiger partial charge in [-0.1, -0.05) is 31.7 Å². The Bertz CT molecular complexity index is 659. The fourth-order valence-corrected chi connectivity index (χ4v) is 3.46. The van der Waals surface area contributed by atoms with Gasteiger partial charge in [0.05, 0.1) is 11.4 Å². The molecule has 0 amide bonds. The smallest absolute Gasteiger partial charge is 0.120 e. The third-order valence-electron chi connectivity index (χ3n) is 4.03. The van der Waals surface area contributed by atoms with Gasteiger partial charge in [-0.3, -0.25) is 4.90 Å². The van der Waals surface area contributed by atoms with Gasteiger partial charge in [0.2, 0.25) is 0 Å². The van der Waals surface area contributed by atoms with Gasteiger partial charge in [-0.2, -0.15) is 0 Å². The molecule has 2 aromatic carbocycles. The van der Waals surface area contributed by atoms with Gasteiger partial charge in [0.25, 0.3) is 0 Å². The first-order valence-corrected chi connectivity index (χ1v) is 9.14. The van der Waals surface area contributed by atoms with Crippen molar-refractivity contribution in [3.05, 3.63) is 42.5 Å². The van der Waals surface area contributed by atoms with Crippen LogP contribution in [0.5, 0.6) is 5.75 Å². The molecule has 0 saturated carbocycles. The topological polar surface area (TPSA) is 64.5 Å². The van der Waals surface area contributed by atoms with Gasteiger partial charge in [0.1, 0.15) is 12.4 Å². The zero-order valence-corrected chi connectivity index (χ0v) is 15.5. The average molecular weight is 346 g/mol. The molecule has 0 aromatic heterocycles. The first-order chi connectivity index (χ1) is 11.5. The number of nitrogens with two attached hydrogens (primary N) is 2. The fourth-order valence-electron chi connectivity index (χ4n) is 2.55. The summed E-state index contributed by atoms with van der Waals surface area (Å²) in [5.74, 6) is 0.891. The Labute approximate surface area is 149 Å². The van der Waals surface area contributed by atoms with Crippen molar-refractivity contribution < 1.29 is 4.74 Å². The summed E-state index contributed by atoms with van der Waals surface area (Å²) in [6.07, 6.45) is 0. The van der Waals surface area contributed by atoms with E-state index in [1.807, 2.05) is 30.3 Å². The van der Waals surface area contributed by atoms with Crippen molar-refractivity contribution in [2.24, 2.45) is 0 Å². The molecule has 0 heterocycles. The third kappa shape index (κ3) is 5.08. The Balaban J connectivity index is 1.99. The van der Waals surface area contributed by atoms with Gasteiger partial charge < -0.3 is 16.2 Å². The number of benzene rings is 2. The molecule has 2 rings (SSSR count). The number of ether oxygens (including phenoxy) is 1. The van der Waals surface area contributed by atoms with Crippen molar-refractivity contribution in [3.63, 3.8) is 0 Å². The normalized spacial score (nSPS) is 12.3. The van der Waals surface area contributed by atoms with Crippen LogP contribution in [0.25, 0.3) is 0 Å². The van der Waals surface area contributed by atoms with Gasteiger partial charge in [0.15, 0.2) is 0 Å². The molecule has 4 nitrogen and oxygen atoms in total. The molecular weight excluding hydrogens is 318 g/mol. The van der Waals surface area contributed by atoms with E-state index in [-0.39, 0.29) is 0 Å². The van der Waals surface area contributed by atoms with Crippen LogP contribution in [0.2, 0.25) is 0 Å². The van der Waals surface area contributed by atoms with Crippen molar-refractivity contribution in [2.45, 2.75) is 36.6 Å². The van der Waals surface area contributed by atoms with Crippen molar-refractivity contribution in [1.29, 1.82) is 0 Å². The van der Waals surface area contributed by atoms with Crippen LogP contribution in [0, 0.1) is 0 Å². The molecule has 0 spiro atoms. The molecule has 0 saturated heterocycles. The van der Waals surface area contributed by atoms with E-state index in [9.17, 15) is 0 Å². The van der Waals surface area contributed by atoms with Crippen molar-refractivity contribution in [1.82, 2.24) is 4.90 Å². The summed E-state index contributed by atoms with van der Waals surface area (Å²) in [5.41, 5.74) is 12.9. The third-order valence-corrected chi connectivity index (χ3v) is 5.01. The minimum absolute atomic E-state index is 0.396. The molecule has 1 unspecified atom stereocenters. The molecule has 0 aliphatic rings. The van der Waals surface area contributed by atoms with Crippen LogP contribution in [0.1, 0.15) is 20.8 Å². The molecule has 1 atom stereocenters. The zero-order valence-electron chi connectivity index (χ0n) is 14.7. The summed E-state index contributed by atoms with van der Waals surface area (Å²) in [6, 6.07) is 14.3. The fraction of sp³-hybridized carbons (Fsp3) is 0.368. The molecule has 2 aromatic rings. The predicted molar refractivity (Wildman–Crippen MR) is 104 cm³/mol. The highest BCUT2D eigenvalue weighted by Gasteiger charge is 2.10. The Kier molecular flexibility index (Phi) is 6.82. The maximum Gasteiger partial charge on any atom is 0.120 e. The second-order valence-electron chi connectivity index (χ2n) is 5.75. The number of nitrogen functional groups attached to an aromatic ring is 2. The molecule has 130 valence electrons. The van der Waals surface area contributed by atoms with E-state index in [1.165, 1.54) is 0 Å². The van der Waals surface area contributed by atoms with E-state index in [0.717, 1.165) is 28.6 Å². The summed E-state index contributed by atoms with van der Waals surface area (Å²) in [6.45, 7) is 9.31. The molecule has 0 bridgehead atoms. The van der Waals surface area contributed by atoms with E-state index in [4.69, 9.17) is 16.2 Å². The second-order valence-corrected chi connectivity index (χ2v) is 6.90. The maximum atomic E-state index is 5.97. The summed E-state index contributed by atoms with van der Waals surface area (Å²) in [5, 5.41) is 0. The van der Waals surface area contributed by atoms with Crippen molar-refractivity contribution in [2.75, 3.05) is 31.2 Å². The first kappa shape index (κ1) is 18.5. The number of rotatable bonds is 8. The summed E-state index contributed by atoms with van der Waals surface area (Å²) in [4.78, 5) is 4.57. The molecule has 0 aliphatic heterocycles. The predicted octanol–water partition coefficient (Wildman–Crippen LogP) is 4.11. The first-order valence-electron chi connectivity index (χ1n) is 8.33. The number of hydrogen-bond acceptors (Lipinski definition) is 5. The molecule has 24 heavy (non-hydrogen) atoms. The summed E-state index contributed by atoms with van der Waals surface area (Å²) < 4.78 is 5.97. The van der Waals surface area contributed by atoms with Gasteiger partial charge in [0, 0.05) is 15.8 Å². The number of hydrogen-bond donors (Lipinski definition) is 2. The number of nitrogens with zero attached hydrogens (tertiary/aromatic N) is 1. The van der Waals surface area contributed by atoms with Crippen molar-refractivity contribution >= 4 is 23.1 Å². The van der Waals surface area contributed by atoms with Crippen LogP contribution in [0.3, 0.4) is 0 Å². The Morgan fingerprint density at radius 2 is 1.71 bits per heavy atom. The van der Waals surface area contributed by atoms with Gasteiger partial charge in [-0.25, -0.2) is 0 Å². The molecular formula is C19H27N3OS. The highest BCUT2D eigenvalue weighted by Crippen LogP contribution is 2.32. The van der Waals surface area contributed by atoms with E-state index >= 15 is 0 Å². The van der Waals surface area contributed by atoms with E-state index in [2.05, 4.69) is 37.8 Å². The van der Waals surface area contributed by atoms with E-state index < -0.39 is 0 Å². The van der Waals surface area contributed by atoms with Gasteiger partial charge >= 0.3 is 0 Å². The zero-order chi connectivity index (χ0) is 17.5. The van der Waals surface area contributed by atoms with Crippen LogP contribution in [-0.4, -0.2) is 30.6 Å². The lowest BCUT2D eigenvalue weighted by molar-refractivity contribution is 0.158. The molecule has 5 heteroatoms. The maximum absolute atomic E-state index is 5.97. The minimum Gasteiger partial charge on any atom is -0.492 e. The van der Waals surface area contributed by atoms with Crippen LogP contribution in [0.15, 0.2) is 52.3 Å². The van der Waals surface area contributed by atoms with Crippen LogP contribution in [-0.2, 0) is 0 Å². The number of anilines is 2. The minimum atomic E-state index is 0.396. The highest BCUT2D eigenvalue weighted by atomic mass is 32.2. The lowest BCUT2D eigenvalue weighted by Gasteiger charge is -2.26. The average Bonchev–Trinajstić information content (AvgIpc) is 2.58. The lowest BCUT2D eigenvalue weighted by Crippen LogP contribution is -2.36. The van der Waals surface area contributed by atoms with Gasteiger partial charge in [-0.05, 0) is 56.4 Å². The summed E-state index contributed by atoms with van der Waals surface area (Å²) >= 11 is 1.65. The quantitative estimate of drug-likeness (QED) is 0.705. The van der Waals surface area contributed by atoms with Crippen LogP contribution < -0.4 is 16.2 Å². The SMILES string of the molecule is CCN(CC)C(C)COc1cccc(Sc2ccc(N)c(N)c2)c1. The Morgan fingerprint density at radius 1 is 1.00 bits per heavy atom. The largest absolute Gasteiger partial charge is 0.492 e. The molecule has 0 radical (unpaired) electrons. The number of likely N-dealkylation sites (N-methyl/N-ethyl adjacent to an activating group) is 1. The van der Waals surface area contributed by atoms with Gasteiger partial charge in [-0.15, -0.1) is 0 Å². The molecule has 0 aliphatic carbocycles. The van der Waals surface area contributed by atoms with Crippen LogP contribution >= 0.6 is 11.8 Å². The molecule has 0 fully saturated rings. The summed E-state index contributed by atoms with van der Waals surface area (Å²) in [7, 11) is 0. The van der Waals surface area contributed by atoms with Crippen molar-refractivity contribution in [3.8, 4) is 5.75 Å². The van der Waals surface area contributed by atoms with E-state index in [1.54, 1.807) is 11.8 Å². The Morgan fingerprint density at radius 3 is 2.38 bits per heavy atom. The monoisotopic (exact) mass is 345 g/mol. The van der Waals surface area contributed by atoms with Crippen LogP contribution in [0.4, 0.5) is 11.4 Å². The molecule has 4 N–H and O–H groups in total. The second kappa shape index (κ2) is 8.85. The standard InChI is InChI=1S/C19H27N3OS/c1-4-22(5-2)14(3)13-23-15-7-6-8-16(11-15)24-17-9-10-18(20)19(21)12-17/h6-12,14H,4-5,13,20-21H2,1-3H3.